The average Bonchev–Trinajstić information content (AvgIpc) is 2.62. The molecule has 0 aliphatic rings. The Kier molecular flexibility index (Phi) is 15.4. The highest BCUT2D eigenvalue weighted by Gasteiger charge is 2.06. The standard InChI is InChI=1S/C15H25NO3.C4H11BO2/c1-12(2)16-10-14(17)11-19-15-6-4-13(5-7-15)8-9-18-3;1-2-3-4-5(6)7/h4-7,12,14,16-17H,8-11H2,1-3H3;6-7H,2-4H2,1H3. The van der Waals surface area contributed by atoms with Gasteiger partial charge in [-0.3, -0.25) is 0 Å². The van der Waals surface area contributed by atoms with Crippen LogP contribution in [-0.4, -0.2) is 61.3 Å². The number of unbranched alkanes of at least 4 members (excludes halogenated alkanes) is 1. The molecule has 7 heteroatoms. The molecule has 26 heavy (non-hydrogen) atoms. The minimum atomic E-state index is -1.10. The van der Waals surface area contributed by atoms with Gasteiger partial charge in [0.25, 0.3) is 0 Å². The van der Waals surface area contributed by atoms with E-state index in [4.69, 9.17) is 19.5 Å². The van der Waals surface area contributed by atoms with E-state index in [0.29, 0.717) is 25.5 Å². The van der Waals surface area contributed by atoms with Gasteiger partial charge in [0.1, 0.15) is 18.5 Å². The van der Waals surface area contributed by atoms with Gasteiger partial charge in [0.15, 0.2) is 0 Å². The van der Waals surface area contributed by atoms with Crippen LogP contribution in [0.3, 0.4) is 0 Å². The van der Waals surface area contributed by atoms with Crippen molar-refractivity contribution in [3.05, 3.63) is 29.8 Å². The Bertz CT molecular complexity index is 428. The first-order valence-electron chi connectivity index (χ1n) is 9.37. The Morgan fingerprint density at radius 1 is 1.15 bits per heavy atom. The number of nitrogens with one attached hydrogen (secondary N) is 1. The molecule has 0 aromatic heterocycles. The lowest BCUT2D eigenvalue weighted by atomic mass is 9.84. The van der Waals surface area contributed by atoms with Gasteiger partial charge in [-0.2, -0.15) is 0 Å². The molecule has 0 radical (unpaired) electrons. The molecule has 0 bridgehead atoms. The molecule has 150 valence electrons. The van der Waals surface area contributed by atoms with Crippen LogP contribution in [0.2, 0.25) is 6.32 Å². The Morgan fingerprint density at radius 3 is 2.27 bits per heavy atom. The highest BCUT2D eigenvalue weighted by molar-refractivity contribution is 6.40. The van der Waals surface area contributed by atoms with E-state index < -0.39 is 13.2 Å². The highest BCUT2D eigenvalue weighted by Crippen LogP contribution is 2.12. The number of hydrogen-bond acceptors (Lipinski definition) is 6. The van der Waals surface area contributed by atoms with E-state index in [9.17, 15) is 5.11 Å². The molecule has 1 unspecified atom stereocenters. The number of methoxy groups -OCH3 is 1. The summed E-state index contributed by atoms with van der Waals surface area (Å²) in [5, 5.41) is 29.4. The third-order valence-electron chi connectivity index (χ3n) is 3.54. The Balaban J connectivity index is 0.000000758. The Morgan fingerprint density at radius 2 is 1.81 bits per heavy atom. The van der Waals surface area contributed by atoms with E-state index in [1.165, 1.54) is 5.56 Å². The fourth-order valence-electron chi connectivity index (χ4n) is 1.98. The molecule has 0 fully saturated rings. The molecule has 0 heterocycles. The van der Waals surface area contributed by atoms with Crippen molar-refractivity contribution in [3.8, 4) is 5.75 Å². The maximum absolute atomic E-state index is 9.73. The van der Waals surface area contributed by atoms with Gasteiger partial charge in [-0.15, -0.1) is 0 Å². The summed E-state index contributed by atoms with van der Waals surface area (Å²) in [6.45, 7) is 7.68. The first kappa shape index (κ1) is 24.9. The third-order valence-corrected chi connectivity index (χ3v) is 3.54. The fraction of sp³-hybridized carbons (Fsp3) is 0.684. The molecule has 6 nitrogen and oxygen atoms in total. The van der Waals surface area contributed by atoms with E-state index in [-0.39, 0.29) is 0 Å². The van der Waals surface area contributed by atoms with Crippen molar-refractivity contribution in [1.82, 2.24) is 5.32 Å². The zero-order valence-electron chi connectivity index (χ0n) is 16.6. The molecule has 4 N–H and O–H groups in total. The normalized spacial score (nSPS) is 11.7. The molecule has 1 atom stereocenters. The highest BCUT2D eigenvalue weighted by atomic mass is 16.5. The van der Waals surface area contributed by atoms with Crippen molar-refractivity contribution in [2.45, 2.75) is 58.5 Å². The molecular weight excluding hydrogens is 333 g/mol. The topological polar surface area (TPSA) is 91.2 Å². The zero-order valence-corrected chi connectivity index (χ0v) is 16.6. The number of ether oxygens (including phenoxy) is 2. The molecule has 0 aliphatic heterocycles. The summed E-state index contributed by atoms with van der Waals surface area (Å²) < 4.78 is 10.6. The van der Waals surface area contributed by atoms with E-state index in [1.807, 2.05) is 45.0 Å². The Hall–Kier alpha value is -1.12. The van der Waals surface area contributed by atoms with Crippen molar-refractivity contribution >= 4 is 7.12 Å². The van der Waals surface area contributed by atoms with Crippen LogP contribution in [0, 0.1) is 0 Å². The van der Waals surface area contributed by atoms with Crippen molar-refractivity contribution in [1.29, 1.82) is 0 Å². The van der Waals surface area contributed by atoms with Crippen LogP contribution < -0.4 is 10.1 Å². The molecule has 0 saturated heterocycles. The largest absolute Gasteiger partial charge is 0.491 e. The molecule has 0 aliphatic carbocycles. The molecule has 1 aromatic rings. The first-order valence-corrected chi connectivity index (χ1v) is 9.37. The minimum absolute atomic E-state index is 0.303. The summed E-state index contributed by atoms with van der Waals surface area (Å²) in [6, 6.07) is 8.26. The van der Waals surface area contributed by atoms with Crippen LogP contribution >= 0.6 is 0 Å². The van der Waals surface area contributed by atoms with E-state index in [2.05, 4.69) is 5.32 Å². The summed E-state index contributed by atoms with van der Waals surface area (Å²) >= 11 is 0. The SMILES string of the molecule is CCCCB(O)O.COCCc1ccc(OCC(O)CNC(C)C)cc1. The lowest BCUT2D eigenvalue weighted by molar-refractivity contribution is 0.104. The fourth-order valence-corrected chi connectivity index (χ4v) is 1.98. The van der Waals surface area contributed by atoms with Crippen LogP contribution in [0.1, 0.15) is 39.2 Å². The molecule has 0 spiro atoms. The summed E-state index contributed by atoms with van der Waals surface area (Å²) in [6.07, 6.45) is 2.85. The van der Waals surface area contributed by atoms with Crippen LogP contribution in [-0.2, 0) is 11.2 Å². The smallest absolute Gasteiger partial charge is 0.451 e. The first-order chi connectivity index (χ1) is 12.4. The van der Waals surface area contributed by atoms with Gasteiger partial charge < -0.3 is 29.9 Å². The van der Waals surface area contributed by atoms with Gasteiger partial charge in [0.2, 0.25) is 0 Å². The minimum Gasteiger partial charge on any atom is -0.491 e. The van der Waals surface area contributed by atoms with Crippen molar-refractivity contribution in [2.24, 2.45) is 0 Å². The third kappa shape index (κ3) is 15.2. The number of rotatable bonds is 12. The van der Waals surface area contributed by atoms with Crippen LogP contribution in [0.4, 0.5) is 0 Å². The van der Waals surface area contributed by atoms with Gasteiger partial charge in [-0.05, 0) is 30.4 Å². The Labute approximate surface area is 158 Å². The monoisotopic (exact) mass is 369 g/mol. The summed E-state index contributed by atoms with van der Waals surface area (Å²) in [5.74, 6) is 0.782. The predicted molar refractivity (Wildman–Crippen MR) is 107 cm³/mol. The second kappa shape index (κ2) is 16.1. The molecule has 0 saturated carbocycles. The molecule has 0 amide bonds. The van der Waals surface area contributed by atoms with Crippen LogP contribution in [0.5, 0.6) is 5.75 Å². The lowest BCUT2D eigenvalue weighted by Crippen LogP contribution is -2.35. The number of hydrogen-bond donors (Lipinski definition) is 4. The summed E-state index contributed by atoms with van der Waals surface area (Å²) in [4.78, 5) is 0. The number of aliphatic hydroxyl groups excluding tert-OH is 1. The van der Waals surface area contributed by atoms with E-state index >= 15 is 0 Å². The quantitative estimate of drug-likeness (QED) is 0.421. The van der Waals surface area contributed by atoms with Gasteiger partial charge in [-0.25, -0.2) is 0 Å². The summed E-state index contributed by atoms with van der Waals surface area (Å²) in [7, 11) is 0.601. The zero-order chi connectivity index (χ0) is 19.8. The van der Waals surface area contributed by atoms with Gasteiger partial charge in [0, 0.05) is 19.7 Å². The number of benzene rings is 1. The average molecular weight is 369 g/mol. The number of aliphatic hydroxyl groups is 1. The molecule has 1 rings (SSSR count). The van der Waals surface area contributed by atoms with E-state index in [1.54, 1.807) is 7.11 Å². The molecule has 1 aromatic carbocycles. The van der Waals surface area contributed by atoms with Gasteiger partial charge in [-0.1, -0.05) is 45.7 Å². The van der Waals surface area contributed by atoms with Gasteiger partial charge >= 0.3 is 7.12 Å². The van der Waals surface area contributed by atoms with Crippen LogP contribution in [0.15, 0.2) is 24.3 Å². The van der Waals surface area contributed by atoms with Crippen molar-refractivity contribution < 1.29 is 24.6 Å². The maximum Gasteiger partial charge on any atom is 0.451 e. The second-order valence-corrected chi connectivity index (χ2v) is 6.54. The van der Waals surface area contributed by atoms with Crippen molar-refractivity contribution in [2.75, 3.05) is 26.9 Å². The van der Waals surface area contributed by atoms with Gasteiger partial charge in [0.05, 0.1) is 6.61 Å². The predicted octanol–water partition coefficient (Wildman–Crippen LogP) is 1.87. The lowest BCUT2D eigenvalue weighted by Gasteiger charge is -2.15. The second-order valence-electron chi connectivity index (χ2n) is 6.54. The summed E-state index contributed by atoms with van der Waals surface area (Å²) in [5.41, 5.74) is 1.22. The maximum atomic E-state index is 9.73. The van der Waals surface area contributed by atoms with E-state index in [0.717, 1.165) is 31.6 Å². The van der Waals surface area contributed by atoms with Crippen LogP contribution in [0.25, 0.3) is 0 Å². The van der Waals surface area contributed by atoms with Crippen molar-refractivity contribution in [3.63, 3.8) is 0 Å². The molecular formula is C19H36BNO5.